The van der Waals surface area contributed by atoms with E-state index in [0.717, 1.165) is 12.1 Å². The first-order chi connectivity index (χ1) is 20.5. The first-order valence-electron chi connectivity index (χ1n) is 13.2. The number of ether oxygens (including phenoxy) is 1. The van der Waals surface area contributed by atoms with Crippen LogP contribution in [0.2, 0.25) is 5.02 Å². The van der Waals surface area contributed by atoms with Gasteiger partial charge in [-0.15, -0.1) is 0 Å². The molecule has 3 heterocycles. The summed E-state index contributed by atoms with van der Waals surface area (Å²) in [6.45, 7) is 0.896. The van der Waals surface area contributed by atoms with E-state index in [4.69, 9.17) is 25.7 Å². The van der Waals surface area contributed by atoms with E-state index in [2.05, 4.69) is 4.98 Å². The highest BCUT2D eigenvalue weighted by Crippen LogP contribution is 2.40. The second-order valence-electron chi connectivity index (χ2n) is 10.1. The Hall–Kier alpha value is -4.42. The van der Waals surface area contributed by atoms with Crippen molar-refractivity contribution in [1.29, 1.82) is 0 Å². The monoisotopic (exact) mass is 614 g/mol. The molecule has 13 heteroatoms. The third kappa shape index (κ3) is 6.06. The lowest BCUT2D eigenvalue weighted by Gasteiger charge is -2.30. The fraction of sp³-hybridized carbons (Fsp3) is 0.233. The van der Waals surface area contributed by atoms with Crippen molar-refractivity contribution in [2.75, 3.05) is 6.54 Å². The first kappa shape index (κ1) is 28.7. The molecule has 8 nitrogen and oxygen atoms in total. The van der Waals surface area contributed by atoms with E-state index in [1.54, 1.807) is 6.07 Å². The Morgan fingerprint density at radius 2 is 1.93 bits per heavy atom. The molecule has 0 amide bonds. The molecular weight excluding hydrogens is 592 g/mol. The Bertz CT molecular complexity index is 1820. The lowest BCUT2D eigenvalue weighted by molar-refractivity contribution is -0.139. The van der Waals surface area contributed by atoms with Gasteiger partial charge >= 0.3 is 12.1 Å². The number of halogens is 5. The molecule has 2 aromatic heterocycles. The summed E-state index contributed by atoms with van der Waals surface area (Å²) in [6, 6.07) is 11.0. The number of hydrogen-bond donors (Lipinski definition) is 1. The predicted octanol–water partition coefficient (Wildman–Crippen LogP) is 6.72. The van der Waals surface area contributed by atoms with E-state index >= 15 is 0 Å². The third-order valence-electron chi connectivity index (χ3n) is 7.31. The summed E-state index contributed by atoms with van der Waals surface area (Å²) < 4.78 is 69.0. The van der Waals surface area contributed by atoms with Gasteiger partial charge in [-0.1, -0.05) is 17.7 Å². The third-order valence-corrected chi connectivity index (χ3v) is 7.55. The SMILES string of the molecule is O=C(O)c1ccc2nc(CN3CCc4cc(C(F)(F)F)c(OCc5ccc(Cl)cc5F)cc4C3)n(Cc3ncco3)c2c1. The van der Waals surface area contributed by atoms with Gasteiger partial charge in [0.2, 0.25) is 5.89 Å². The van der Waals surface area contributed by atoms with E-state index in [1.807, 2.05) is 9.47 Å². The number of carbonyl (C=O) groups is 1. The van der Waals surface area contributed by atoms with Crippen molar-refractivity contribution >= 4 is 28.6 Å². The van der Waals surface area contributed by atoms with Crippen molar-refractivity contribution in [3.05, 3.63) is 111 Å². The summed E-state index contributed by atoms with van der Waals surface area (Å²) in [5, 5.41) is 9.67. The Morgan fingerprint density at radius 3 is 2.65 bits per heavy atom. The molecule has 3 aromatic carbocycles. The molecule has 1 aliphatic rings. The number of rotatable bonds is 8. The summed E-state index contributed by atoms with van der Waals surface area (Å²) in [7, 11) is 0. The molecule has 0 bridgehead atoms. The Balaban J connectivity index is 1.29. The van der Waals surface area contributed by atoms with Gasteiger partial charge in [0.15, 0.2) is 0 Å². The van der Waals surface area contributed by atoms with Crippen LogP contribution in [-0.2, 0) is 38.8 Å². The van der Waals surface area contributed by atoms with Crippen LogP contribution in [0.3, 0.4) is 0 Å². The zero-order chi connectivity index (χ0) is 30.3. The molecule has 5 aromatic rings. The standard InChI is InChI=1S/C30H23ClF4N4O4/c31-21-3-1-19(23(32)12-21)16-43-26-11-20-13-38(7-5-17(20)9-22(26)30(33,34)35)14-27-37-24-4-2-18(29(40)41)10-25(24)39(27)15-28-36-6-8-42-28/h1-4,6,8-12H,5,7,13-16H2,(H,40,41). The van der Waals surface area contributed by atoms with Gasteiger partial charge in [-0.25, -0.2) is 19.2 Å². The molecule has 0 spiro atoms. The van der Waals surface area contributed by atoms with Gasteiger partial charge < -0.3 is 18.8 Å². The largest absolute Gasteiger partial charge is 0.488 e. The second-order valence-corrected chi connectivity index (χ2v) is 10.6. The molecule has 43 heavy (non-hydrogen) atoms. The van der Waals surface area contributed by atoms with Gasteiger partial charge in [-0.3, -0.25) is 4.90 Å². The van der Waals surface area contributed by atoms with Gasteiger partial charge in [0.25, 0.3) is 0 Å². The smallest absolute Gasteiger partial charge is 0.419 e. The van der Waals surface area contributed by atoms with Gasteiger partial charge in [-0.05, 0) is 60.0 Å². The van der Waals surface area contributed by atoms with Crippen LogP contribution in [0, 0.1) is 5.82 Å². The number of aromatic carboxylic acids is 1. The minimum absolute atomic E-state index is 0.0767. The van der Waals surface area contributed by atoms with Crippen molar-refractivity contribution in [3.63, 3.8) is 0 Å². The van der Waals surface area contributed by atoms with Gasteiger partial charge in [0, 0.05) is 23.7 Å². The molecule has 222 valence electrons. The second kappa shape index (κ2) is 11.3. The van der Waals surface area contributed by atoms with Crippen molar-refractivity contribution < 1.29 is 36.6 Å². The summed E-state index contributed by atoms with van der Waals surface area (Å²) in [4.78, 5) is 22.5. The topological polar surface area (TPSA) is 93.6 Å². The maximum absolute atomic E-state index is 14.3. The van der Waals surface area contributed by atoms with Crippen LogP contribution < -0.4 is 4.74 Å². The number of benzene rings is 3. The fourth-order valence-corrected chi connectivity index (χ4v) is 5.34. The maximum Gasteiger partial charge on any atom is 0.419 e. The van der Waals surface area contributed by atoms with Crippen LogP contribution in [0.5, 0.6) is 5.75 Å². The number of fused-ring (bicyclic) bond motifs is 2. The molecule has 0 saturated carbocycles. The molecule has 0 atom stereocenters. The van der Waals surface area contributed by atoms with Gasteiger partial charge in [-0.2, -0.15) is 13.2 Å². The molecule has 0 radical (unpaired) electrons. The molecule has 0 aliphatic carbocycles. The molecule has 1 aliphatic heterocycles. The lowest BCUT2D eigenvalue weighted by Crippen LogP contribution is -2.31. The number of nitrogens with zero attached hydrogens (tertiary/aromatic N) is 4. The fourth-order valence-electron chi connectivity index (χ4n) is 5.18. The summed E-state index contributed by atoms with van der Waals surface area (Å²) in [6.07, 6.45) is -1.36. The number of hydrogen-bond acceptors (Lipinski definition) is 6. The highest BCUT2D eigenvalue weighted by Gasteiger charge is 2.36. The maximum atomic E-state index is 14.3. The molecule has 0 unspecified atom stereocenters. The minimum Gasteiger partial charge on any atom is -0.488 e. The van der Waals surface area contributed by atoms with E-state index in [-0.39, 0.29) is 28.4 Å². The number of imidazole rings is 1. The molecule has 6 rings (SSSR count). The lowest BCUT2D eigenvalue weighted by atomic mass is 9.96. The average molecular weight is 615 g/mol. The Labute approximate surface area is 247 Å². The molecule has 0 saturated heterocycles. The predicted molar refractivity (Wildman–Crippen MR) is 147 cm³/mol. The number of aromatic nitrogens is 3. The highest BCUT2D eigenvalue weighted by molar-refractivity contribution is 6.30. The summed E-state index contributed by atoms with van der Waals surface area (Å²) >= 11 is 5.79. The van der Waals surface area contributed by atoms with Crippen molar-refractivity contribution in [2.24, 2.45) is 0 Å². The van der Waals surface area contributed by atoms with Crippen LogP contribution in [0.1, 0.15) is 44.3 Å². The van der Waals surface area contributed by atoms with Crippen molar-refractivity contribution in [1.82, 2.24) is 19.4 Å². The molecule has 1 N–H and O–H groups in total. The zero-order valence-electron chi connectivity index (χ0n) is 22.4. The van der Waals surface area contributed by atoms with Crippen LogP contribution in [0.25, 0.3) is 11.0 Å². The summed E-state index contributed by atoms with van der Waals surface area (Å²) in [5.74, 6) is -1.12. The van der Waals surface area contributed by atoms with E-state index < -0.39 is 30.1 Å². The molecular formula is C30H23ClF4N4O4. The van der Waals surface area contributed by atoms with Crippen LogP contribution >= 0.6 is 11.6 Å². The van der Waals surface area contributed by atoms with Crippen LogP contribution in [-0.4, -0.2) is 37.1 Å². The zero-order valence-corrected chi connectivity index (χ0v) is 23.1. The van der Waals surface area contributed by atoms with Crippen LogP contribution in [0.4, 0.5) is 17.6 Å². The summed E-state index contributed by atoms with van der Waals surface area (Å²) in [5.41, 5.74) is 1.63. The molecule has 0 fully saturated rings. The number of carboxylic acids is 1. The number of oxazole rings is 1. The van der Waals surface area contributed by atoms with Crippen molar-refractivity contribution in [2.45, 2.75) is 38.8 Å². The normalized spacial score (nSPS) is 13.8. The average Bonchev–Trinajstić information content (AvgIpc) is 3.59. The van der Waals surface area contributed by atoms with Crippen LogP contribution in [0.15, 0.2) is 65.4 Å². The highest BCUT2D eigenvalue weighted by atomic mass is 35.5. The van der Waals surface area contributed by atoms with E-state index in [1.165, 1.54) is 42.8 Å². The first-order valence-corrected chi connectivity index (χ1v) is 13.6. The van der Waals surface area contributed by atoms with E-state index in [9.17, 15) is 27.5 Å². The minimum atomic E-state index is -4.67. The number of carboxylic acid groups (broad SMARTS) is 1. The quantitative estimate of drug-likeness (QED) is 0.194. The number of alkyl halides is 3. The Morgan fingerprint density at radius 1 is 1.09 bits per heavy atom. The van der Waals surface area contributed by atoms with E-state index in [0.29, 0.717) is 59.9 Å². The Kier molecular flexibility index (Phi) is 7.57. The van der Waals surface area contributed by atoms with Gasteiger partial charge in [0.1, 0.15) is 36.8 Å². The van der Waals surface area contributed by atoms with Crippen molar-refractivity contribution in [3.8, 4) is 5.75 Å². The van der Waals surface area contributed by atoms with Gasteiger partial charge in [0.05, 0.1) is 34.9 Å².